The Labute approximate surface area is 78.9 Å². The van der Waals surface area contributed by atoms with Gasteiger partial charge < -0.3 is 15.3 Å². The van der Waals surface area contributed by atoms with E-state index in [4.69, 9.17) is 5.11 Å². The van der Waals surface area contributed by atoms with Gasteiger partial charge >= 0.3 is 0 Å². The van der Waals surface area contributed by atoms with Gasteiger partial charge in [0, 0.05) is 6.54 Å². The van der Waals surface area contributed by atoms with Crippen molar-refractivity contribution in [3.05, 3.63) is 0 Å². The number of likely N-dealkylation sites (N-methyl/N-ethyl adjacent to an activating group) is 1. The third kappa shape index (κ3) is 2.19. The van der Waals surface area contributed by atoms with Crippen molar-refractivity contribution >= 4 is 5.91 Å². The van der Waals surface area contributed by atoms with E-state index in [9.17, 15) is 4.79 Å². The fourth-order valence-corrected chi connectivity index (χ4v) is 1.69. The minimum atomic E-state index is -0.146. The second kappa shape index (κ2) is 4.58. The van der Waals surface area contributed by atoms with Crippen molar-refractivity contribution < 1.29 is 9.90 Å². The van der Waals surface area contributed by atoms with Crippen molar-refractivity contribution in [1.29, 1.82) is 0 Å². The molecular formula is C9H18N2O2. The summed E-state index contributed by atoms with van der Waals surface area (Å²) < 4.78 is 0. The smallest absolute Gasteiger partial charge is 0.239 e. The molecule has 2 N–H and O–H groups in total. The summed E-state index contributed by atoms with van der Waals surface area (Å²) in [6.07, 6.45) is 1.94. The molecule has 1 rings (SSSR count). The van der Waals surface area contributed by atoms with E-state index in [0.29, 0.717) is 0 Å². The van der Waals surface area contributed by atoms with E-state index >= 15 is 0 Å². The Hall–Kier alpha value is -0.610. The van der Waals surface area contributed by atoms with Crippen LogP contribution in [0.3, 0.4) is 0 Å². The summed E-state index contributed by atoms with van der Waals surface area (Å²) in [7, 11) is 1.77. The van der Waals surface area contributed by atoms with Gasteiger partial charge in [-0.05, 0) is 26.8 Å². The third-order valence-electron chi connectivity index (χ3n) is 2.67. The average molecular weight is 186 g/mol. The summed E-state index contributed by atoms with van der Waals surface area (Å²) in [4.78, 5) is 13.5. The number of hydrogen-bond donors (Lipinski definition) is 2. The molecule has 1 unspecified atom stereocenters. The van der Waals surface area contributed by atoms with Gasteiger partial charge in [0.15, 0.2) is 0 Å². The third-order valence-corrected chi connectivity index (χ3v) is 2.67. The van der Waals surface area contributed by atoms with E-state index in [1.807, 2.05) is 6.92 Å². The number of rotatable bonds is 3. The van der Waals surface area contributed by atoms with Crippen molar-refractivity contribution in [2.24, 2.45) is 0 Å². The molecule has 0 spiro atoms. The normalized spacial score (nSPS) is 24.8. The molecule has 1 aliphatic heterocycles. The Balaban J connectivity index is 2.54. The lowest BCUT2D eigenvalue weighted by molar-refractivity contribution is -0.134. The molecule has 0 saturated carbocycles. The molecule has 0 aromatic rings. The maximum absolute atomic E-state index is 11.7. The first kappa shape index (κ1) is 10.5. The number of nitrogens with zero attached hydrogens (tertiary/aromatic N) is 1. The molecule has 1 aliphatic rings. The number of carbonyl (C=O) groups excluding carboxylic acids is 1. The SMILES string of the molecule is CNC(C)C(=O)N1CCC[C@@H]1CO. The molecule has 1 saturated heterocycles. The predicted molar refractivity (Wildman–Crippen MR) is 50.3 cm³/mol. The van der Waals surface area contributed by atoms with Gasteiger partial charge in [0.2, 0.25) is 5.91 Å². The maximum atomic E-state index is 11.7. The average Bonchev–Trinajstić information content (AvgIpc) is 2.62. The van der Waals surface area contributed by atoms with Crippen LogP contribution in [-0.2, 0) is 4.79 Å². The number of amides is 1. The Morgan fingerprint density at radius 1 is 1.77 bits per heavy atom. The van der Waals surface area contributed by atoms with Gasteiger partial charge in [-0.15, -0.1) is 0 Å². The molecule has 2 atom stereocenters. The van der Waals surface area contributed by atoms with Crippen LogP contribution in [0.25, 0.3) is 0 Å². The predicted octanol–water partition coefficient (Wildman–Crippen LogP) is -0.422. The van der Waals surface area contributed by atoms with Crippen LogP contribution < -0.4 is 5.32 Å². The van der Waals surface area contributed by atoms with Crippen LogP contribution in [0, 0.1) is 0 Å². The minimum absolute atomic E-state index is 0.0447. The number of likely N-dealkylation sites (tertiary alicyclic amines) is 1. The van der Waals surface area contributed by atoms with Crippen LogP contribution in [0.15, 0.2) is 0 Å². The van der Waals surface area contributed by atoms with E-state index in [2.05, 4.69) is 5.32 Å². The molecule has 13 heavy (non-hydrogen) atoms. The molecule has 4 nitrogen and oxygen atoms in total. The van der Waals surface area contributed by atoms with Gasteiger partial charge in [0.05, 0.1) is 18.7 Å². The van der Waals surface area contributed by atoms with E-state index < -0.39 is 0 Å². The zero-order chi connectivity index (χ0) is 9.84. The fraction of sp³-hybridized carbons (Fsp3) is 0.889. The first-order chi connectivity index (χ1) is 6.20. The number of hydrogen-bond acceptors (Lipinski definition) is 3. The highest BCUT2D eigenvalue weighted by atomic mass is 16.3. The highest BCUT2D eigenvalue weighted by Crippen LogP contribution is 2.17. The van der Waals surface area contributed by atoms with Gasteiger partial charge in [-0.3, -0.25) is 4.79 Å². The van der Waals surface area contributed by atoms with Gasteiger partial charge in [0.1, 0.15) is 0 Å². The highest BCUT2D eigenvalue weighted by molar-refractivity contribution is 5.82. The van der Waals surface area contributed by atoms with Crippen LogP contribution in [0.4, 0.5) is 0 Å². The zero-order valence-electron chi connectivity index (χ0n) is 8.29. The summed E-state index contributed by atoms with van der Waals surface area (Å²) in [6, 6.07) is -0.101. The lowest BCUT2D eigenvalue weighted by atomic mass is 10.2. The first-order valence-electron chi connectivity index (χ1n) is 4.79. The lowest BCUT2D eigenvalue weighted by Crippen LogP contribution is -2.46. The second-order valence-corrected chi connectivity index (χ2v) is 3.52. The molecular weight excluding hydrogens is 168 g/mol. The molecule has 1 heterocycles. The van der Waals surface area contributed by atoms with Crippen LogP contribution >= 0.6 is 0 Å². The largest absolute Gasteiger partial charge is 0.394 e. The van der Waals surface area contributed by atoms with Crippen molar-refractivity contribution in [1.82, 2.24) is 10.2 Å². The molecule has 76 valence electrons. The van der Waals surface area contributed by atoms with Crippen molar-refractivity contribution in [3.8, 4) is 0 Å². The van der Waals surface area contributed by atoms with Gasteiger partial charge in [0.25, 0.3) is 0 Å². The van der Waals surface area contributed by atoms with Crippen molar-refractivity contribution in [2.75, 3.05) is 20.2 Å². The molecule has 1 fully saturated rings. The quantitative estimate of drug-likeness (QED) is 0.629. The van der Waals surface area contributed by atoms with Gasteiger partial charge in [-0.1, -0.05) is 0 Å². The molecule has 0 radical (unpaired) electrons. The topological polar surface area (TPSA) is 52.6 Å². The standard InChI is InChI=1S/C9H18N2O2/c1-7(10-2)9(13)11-5-3-4-8(11)6-12/h7-8,10,12H,3-6H2,1-2H3/t7?,8-/m1/s1. The summed E-state index contributed by atoms with van der Waals surface area (Å²) in [5.74, 6) is 0.0963. The molecule has 0 aromatic heterocycles. The summed E-state index contributed by atoms with van der Waals surface area (Å²) >= 11 is 0. The number of carbonyl (C=O) groups is 1. The minimum Gasteiger partial charge on any atom is -0.394 e. The Kier molecular flexibility index (Phi) is 3.69. The Morgan fingerprint density at radius 3 is 3.00 bits per heavy atom. The van der Waals surface area contributed by atoms with Crippen molar-refractivity contribution in [3.63, 3.8) is 0 Å². The van der Waals surface area contributed by atoms with Crippen molar-refractivity contribution in [2.45, 2.75) is 31.8 Å². The molecule has 0 aromatic carbocycles. The number of nitrogens with one attached hydrogen (secondary N) is 1. The Bertz CT molecular complexity index is 184. The summed E-state index contributed by atoms with van der Waals surface area (Å²) in [6.45, 7) is 2.72. The second-order valence-electron chi connectivity index (χ2n) is 3.52. The fourth-order valence-electron chi connectivity index (χ4n) is 1.69. The molecule has 1 amide bonds. The van der Waals surface area contributed by atoms with E-state index in [1.165, 1.54) is 0 Å². The van der Waals surface area contributed by atoms with Crippen LogP contribution in [-0.4, -0.2) is 48.2 Å². The lowest BCUT2D eigenvalue weighted by Gasteiger charge is -2.25. The van der Waals surface area contributed by atoms with Crippen LogP contribution in [0.5, 0.6) is 0 Å². The first-order valence-corrected chi connectivity index (χ1v) is 4.79. The Morgan fingerprint density at radius 2 is 2.46 bits per heavy atom. The van der Waals surface area contributed by atoms with Gasteiger partial charge in [-0.2, -0.15) is 0 Å². The monoisotopic (exact) mass is 186 g/mol. The summed E-state index contributed by atoms with van der Waals surface area (Å²) in [5, 5.41) is 11.9. The van der Waals surface area contributed by atoms with E-state index in [1.54, 1.807) is 11.9 Å². The molecule has 4 heteroatoms. The molecule has 0 aliphatic carbocycles. The van der Waals surface area contributed by atoms with Gasteiger partial charge in [-0.25, -0.2) is 0 Å². The van der Waals surface area contributed by atoms with E-state index in [0.717, 1.165) is 19.4 Å². The number of aliphatic hydroxyl groups is 1. The van der Waals surface area contributed by atoms with Crippen LogP contribution in [0.2, 0.25) is 0 Å². The van der Waals surface area contributed by atoms with Crippen LogP contribution in [0.1, 0.15) is 19.8 Å². The van der Waals surface area contributed by atoms with E-state index in [-0.39, 0.29) is 24.6 Å². The molecule has 0 bridgehead atoms. The number of aliphatic hydroxyl groups excluding tert-OH is 1. The zero-order valence-corrected chi connectivity index (χ0v) is 8.29. The maximum Gasteiger partial charge on any atom is 0.239 e. The summed E-state index contributed by atoms with van der Waals surface area (Å²) in [5.41, 5.74) is 0. The highest BCUT2D eigenvalue weighted by Gasteiger charge is 2.29.